The molecule has 13 heteroatoms. The minimum atomic E-state index is -1.18. The maximum atomic E-state index is 13.4. The van der Waals surface area contributed by atoms with E-state index < -0.39 is 66.0 Å². The third-order valence-corrected chi connectivity index (χ3v) is 5.95. The molecule has 2 aliphatic rings. The fourth-order valence-corrected chi connectivity index (χ4v) is 4.24. The van der Waals surface area contributed by atoms with Gasteiger partial charge in [-0.2, -0.15) is 0 Å². The van der Waals surface area contributed by atoms with Crippen LogP contribution in [0.4, 0.5) is 9.59 Å². The van der Waals surface area contributed by atoms with Crippen LogP contribution in [0.5, 0.6) is 0 Å². The van der Waals surface area contributed by atoms with Crippen LogP contribution in [0.15, 0.2) is 30.3 Å². The molecule has 2 fully saturated rings. The zero-order valence-corrected chi connectivity index (χ0v) is 23.7. The molecule has 0 bridgehead atoms. The van der Waals surface area contributed by atoms with Crippen LogP contribution in [0, 0.1) is 0 Å². The van der Waals surface area contributed by atoms with Crippen molar-refractivity contribution in [2.45, 2.75) is 96.0 Å². The summed E-state index contributed by atoms with van der Waals surface area (Å²) >= 11 is 0. The molecule has 0 spiro atoms. The van der Waals surface area contributed by atoms with Crippen LogP contribution >= 0.6 is 0 Å². The van der Waals surface area contributed by atoms with Gasteiger partial charge < -0.3 is 44.4 Å². The molecule has 1 aromatic carbocycles. The Morgan fingerprint density at radius 1 is 1.05 bits per heavy atom. The van der Waals surface area contributed by atoms with E-state index in [0.29, 0.717) is 6.42 Å². The first-order valence-electron chi connectivity index (χ1n) is 13.1. The second-order valence-electron chi connectivity index (χ2n) is 10.9. The molecule has 0 aliphatic carbocycles. The molecule has 3 amide bonds. The highest BCUT2D eigenvalue weighted by Gasteiger charge is 2.58. The van der Waals surface area contributed by atoms with Gasteiger partial charge in [0, 0.05) is 6.54 Å². The zero-order chi connectivity index (χ0) is 29.5. The lowest BCUT2D eigenvalue weighted by atomic mass is 10.1. The van der Waals surface area contributed by atoms with E-state index in [9.17, 15) is 19.2 Å². The van der Waals surface area contributed by atoms with Crippen LogP contribution < -0.4 is 16.0 Å². The molecule has 5 atom stereocenters. The van der Waals surface area contributed by atoms with Gasteiger partial charge in [0.1, 0.15) is 24.4 Å². The van der Waals surface area contributed by atoms with Crippen molar-refractivity contribution in [1.29, 1.82) is 0 Å². The molecular formula is C27H39N3O10. The minimum Gasteiger partial charge on any atom is -0.467 e. The number of hydrogen-bond acceptors (Lipinski definition) is 10. The van der Waals surface area contributed by atoms with Gasteiger partial charge in [0.25, 0.3) is 0 Å². The van der Waals surface area contributed by atoms with Gasteiger partial charge in [0.15, 0.2) is 18.2 Å². The smallest absolute Gasteiger partial charge is 0.408 e. The largest absolute Gasteiger partial charge is 0.467 e. The lowest BCUT2D eigenvalue weighted by Gasteiger charge is -2.28. The van der Waals surface area contributed by atoms with Crippen LogP contribution in [-0.4, -0.2) is 79.7 Å². The van der Waals surface area contributed by atoms with Gasteiger partial charge in [-0.15, -0.1) is 0 Å². The summed E-state index contributed by atoms with van der Waals surface area (Å²) in [4.78, 5) is 50.3. The number of carbonyl (C=O) groups is 4. The van der Waals surface area contributed by atoms with Crippen LogP contribution in [0.2, 0.25) is 0 Å². The molecule has 2 heterocycles. The first-order valence-corrected chi connectivity index (χ1v) is 13.1. The number of carbonyl (C=O) groups excluding carboxylic acids is 4. The molecule has 13 nitrogen and oxygen atoms in total. The Morgan fingerprint density at radius 2 is 1.75 bits per heavy atom. The highest BCUT2D eigenvalue weighted by molar-refractivity contribution is 5.87. The van der Waals surface area contributed by atoms with Gasteiger partial charge in [0.2, 0.25) is 5.91 Å². The number of fused-ring (bicyclic) bond motifs is 1. The number of nitrogens with one attached hydrogen (secondary N) is 3. The molecule has 222 valence electrons. The van der Waals surface area contributed by atoms with Crippen molar-refractivity contribution in [3.63, 3.8) is 0 Å². The Hall–Kier alpha value is -3.42. The maximum Gasteiger partial charge on any atom is 0.408 e. The van der Waals surface area contributed by atoms with Crippen molar-refractivity contribution in [2.24, 2.45) is 0 Å². The third-order valence-electron chi connectivity index (χ3n) is 5.95. The molecule has 0 saturated carbocycles. The first kappa shape index (κ1) is 31.1. The molecule has 1 aromatic rings. The second-order valence-corrected chi connectivity index (χ2v) is 10.9. The topological polar surface area (TPSA) is 160 Å². The van der Waals surface area contributed by atoms with E-state index in [1.807, 2.05) is 30.3 Å². The summed E-state index contributed by atoms with van der Waals surface area (Å²) in [7, 11) is 1.20. The number of amides is 3. The van der Waals surface area contributed by atoms with Crippen LogP contribution in [0.3, 0.4) is 0 Å². The van der Waals surface area contributed by atoms with E-state index in [1.165, 1.54) is 7.11 Å². The van der Waals surface area contributed by atoms with Crippen LogP contribution in [0.25, 0.3) is 0 Å². The van der Waals surface area contributed by atoms with Crippen molar-refractivity contribution >= 4 is 24.1 Å². The predicted octanol–water partition coefficient (Wildman–Crippen LogP) is 2.12. The molecular weight excluding hydrogens is 526 g/mol. The molecule has 0 radical (unpaired) electrons. The summed E-state index contributed by atoms with van der Waals surface area (Å²) < 4.78 is 32.6. The Bertz CT molecular complexity index is 1040. The molecule has 3 rings (SSSR count). The molecule has 3 N–H and O–H groups in total. The zero-order valence-electron chi connectivity index (χ0n) is 23.7. The van der Waals surface area contributed by atoms with Crippen molar-refractivity contribution in [1.82, 2.24) is 16.0 Å². The van der Waals surface area contributed by atoms with Crippen LogP contribution in [0.1, 0.15) is 53.0 Å². The van der Waals surface area contributed by atoms with Gasteiger partial charge in [0.05, 0.1) is 13.2 Å². The fraction of sp³-hybridized carbons (Fsp3) is 0.630. The lowest BCUT2D eigenvalue weighted by Crippen LogP contribution is -2.56. The predicted molar refractivity (Wildman–Crippen MR) is 140 cm³/mol. The highest BCUT2D eigenvalue weighted by Crippen LogP contribution is 2.37. The molecule has 0 aromatic heterocycles. The summed E-state index contributed by atoms with van der Waals surface area (Å²) in [6.45, 7) is 8.76. The highest BCUT2D eigenvalue weighted by atomic mass is 16.8. The average molecular weight is 566 g/mol. The number of hydrogen-bond donors (Lipinski definition) is 3. The molecule has 0 unspecified atom stereocenters. The SMILES string of the molecule is COC(=O)[C@H]1O[C@@H]2OC(C)(C)O[C@@H]2[C@H]1NC(=O)[C@H](CCCNC(=O)OCc1ccccc1)NC(=O)OC(C)(C)C. The Balaban J connectivity index is 1.60. The van der Waals surface area contributed by atoms with Crippen molar-refractivity contribution < 1.29 is 47.6 Å². The van der Waals surface area contributed by atoms with Gasteiger partial charge >= 0.3 is 18.2 Å². The summed E-state index contributed by atoms with van der Waals surface area (Å²) in [5.74, 6) is -2.30. The van der Waals surface area contributed by atoms with E-state index in [1.54, 1.807) is 34.6 Å². The van der Waals surface area contributed by atoms with Crippen LogP contribution in [-0.2, 0) is 44.6 Å². The Morgan fingerprint density at radius 3 is 2.40 bits per heavy atom. The summed E-state index contributed by atoms with van der Waals surface area (Å²) in [5.41, 5.74) is 0.0533. The normalized spacial score (nSPS) is 23.9. The van der Waals surface area contributed by atoms with Gasteiger partial charge in [-0.25, -0.2) is 14.4 Å². The van der Waals surface area contributed by atoms with Crippen molar-refractivity contribution in [3.05, 3.63) is 35.9 Å². The second kappa shape index (κ2) is 13.3. The van der Waals surface area contributed by atoms with E-state index in [0.717, 1.165) is 5.56 Å². The number of esters is 1. The van der Waals surface area contributed by atoms with E-state index in [4.69, 9.17) is 28.4 Å². The Labute approximate surface area is 233 Å². The van der Waals surface area contributed by atoms with E-state index in [2.05, 4.69) is 16.0 Å². The quantitative estimate of drug-likeness (QED) is 0.218. The molecule has 2 aliphatic heterocycles. The third kappa shape index (κ3) is 9.07. The van der Waals surface area contributed by atoms with E-state index in [-0.39, 0.29) is 19.6 Å². The average Bonchev–Trinajstić information content (AvgIpc) is 3.35. The molecule has 2 saturated heterocycles. The number of methoxy groups -OCH3 is 1. The number of rotatable bonds is 10. The monoisotopic (exact) mass is 565 g/mol. The maximum absolute atomic E-state index is 13.4. The standard InChI is InChI=1S/C27H39N3O10/c1-26(2,3)40-25(34)29-17(13-10-14-28-24(33)36-15-16-11-8-7-9-12-16)21(31)30-18-19(22(32)35-6)37-23-20(18)38-27(4,5)39-23/h7-9,11-12,17-20,23H,10,13-15H2,1-6H3,(H,28,33)(H,29,34)(H,30,31)/t17-,18-,19-,20+,23+/m0/s1. The van der Waals surface area contributed by atoms with Crippen molar-refractivity contribution in [2.75, 3.05) is 13.7 Å². The minimum absolute atomic E-state index is 0.119. The molecule has 40 heavy (non-hydrogen) atoms. The summed E-state index contributed by atoms with van der Waals surface area (Å²) in [6.07, 6.45) is -3.82. The number of ether oxygens (including phenoxy) is 6. The Kier molecular flexibility index (Phi) is 10.3. The van der Waals surface area contributed by atoms with Gasteiger partial charge in [-0.05, 0) is 53.0 Å². The van der Waals surface area contributed by atoms with E-state index >= 15 is 0 Å². The number of alkyl carbamates (subject to hydrolysis) is 2. The lowest BCUT2D eigenvalue weighted by molar-refractivity contribution is -0.213. The summed E-state index contributed by atoms with van der Waals surface area (Å²) in [5, 5.41) is 7.95. The van der Waals surface area contributed by atoms with Crippen molar-refractivity contribution in [3.8, 4) is 0 Å². The van der Waals surface area contributed by atoms with Gasteiger partial charge in [-0.1, -0.05) is 30.3 Å². The van der Waals surface area contributed by atoms with Gasteiger partial charge in [-0.3, -0.25) is 4.79 Å². The first-order chi connectivity index (χ1) is 18.8. The fourth-order valence-electron chi connectivity index (χ4n) is 4.24. The number of benzene rings is 1. The summed E-state index contributed by atoms with van der Waals surface area (Å²) in [6, 6.07) is 7.22.